The molecule has 1 rings (SSSR count). The molecule has 0 heterocycles. The zero-order chi connectivity index (χ0) is 8.81. The summed E-state index contributed by atoms with van der Waals surface area (Å²) in [5.74, 6) is 0. The third kappa shape index (κ3) is 2.47. The smallest absolute Gasteiger partial charge is 0.0930 e. The first-order chi connectivity index (χ1) is 5.83. The normalized spacial score (nSPS) is 10.5. The molecule has 1 aromatic rings. The molecular weight excluding hydrogens is 148 g/mol. The van der Waals surface area contributed by atoms with Gasteiger partial charge in [-0.15, -0.1) is 0 Å². The van der Waals surface area contributed by atoms with E-state index in [9.17, 15) is 0 Å². The number of benzene rings is 1. The number of anilines is 1. The molecule has 2 heteroatoms. The molecule has 1 N–H and O–H groups in total. The van der Waals surface area contributed by atoms with Gasteiger partial charge in [0, 0.05) is 17.5 Å². The van der Waals surface area contributed by atoms with E-state index < -0.39 is 0 Å². The zero-order valence-corrected chi connectivity index (χ0v) is 6.91. The van der Waals surface area contributed by atoms with E-state index in [-0.39, 0.29) is 0 Å². The molecule has 0 radical (unpaired) electrons. The number of allylic oxidation sites excluding steroid dienone is 2. The molecule has 0 atom stereocenters. The van der Waals surface area contributed by atoms with E-state index in [0.29, 0.717) is 0 Å². The van der Waals surface area contributed by atoms with Gasteiger partial charge in [0.1, 0.15) is 0 Å². The highest BCUT2D eigenvalue weighted by atomic mass is 14.9. The lowest BCUT2D eigenvalue weighted by molar-refractivity contribution is 1.37. The maximum Gasteiger partial charge on any atom is 0.0930 e. The maximum absolute atomic E-state index is 8.35. The quantitative estimate of drug-likeness (QED) is 0.671. The van der Waals surface area contributed by atoms with E-state index in [2.05, 4.69) is 5.32 Å². The summed E-state index contributed by atoms with van der Waals surface area (Å²) in [6, 6.07) is 11.7. The Hall–Kier alpha value is -1.75. The van der Waals surface area contributed by atoms with Crippen molar-refractivity contribution in [2.45, 2.75) is 6.92 Å². The van der Waals surface area contributed by atoms with Gasteiger partial charge >= 0.3 is 0 Å². The number of hydrogen-bond acceptors (Lipinski definition) is 2. The summed E-state index contributed by atoms with van der Waals surface area (Å²) in [4.78, 5) is 0. The molecule has 0 bridgehead atoms. The van der Waals surface area contributed by atoms with Gasteiger partial charge in [0.2, 0.25) is 0 Å². The Balaban J connectivity index is 2.66. The topological polar surface area (TPSA) is 35.8 Å². The lowest BCUT2D eigenvalue weighted by atomic mass is 10.3. The van der Waals surface area contributed by atoms with Gasteiger partial charge in [0.25, 0.3) is 0 Å². The Morgan fingerprint density at radius 3 is 2.67 bits per heavy atom. The van der Waals surface area contributed by atoms with E-state index in [1.54, 1.807) is 0 Å². The molecule has 0 saturated carbocycles. The van der Waals surface area contributed by atoms with E-state index in [1.165, 1.54) is 6.08 Å². The largest absolute Gasteiger partial charge is 0.359 e. The van der Waals surface area contributed by atoms with Crippen LogP contribution >= 0.6 is 0 Å². The summed E-state index contributed by atoms with van der Waals surface area (Å²) in [6.07, 6.45) is 1.48. The molecule has 0 spiro atoms. The second kappa shape index (κ2) is 4.20. The first-order valence-electron chi connectivity index (χ1n) is 3.71. The van der Waals surface area contributed by atoms with Crippen LogP contribution in [-0.2, 0) is 0 Å². The van der Waals surface area contributed by atoms with Crippen molar-refractivity contribution >= 4 is 5.69 Å². The third-order valence-corrected chi connectivity index (χ3v) is 1.40. The highest BCUT2D eigenvalue weighted by molar-refractivity contribution is 5.47. The van der Waals surface area contributed by atoms with E-state index in [1.807, 2.05) is 43.3 Å². The van der Waals surface area contributed by atoms with Crippen LogP contribution in [0.15, 0.2) is 42.1 Å². The number of rotatable bonds is 2. The molecule has 0 amide bonds. The van der Waals surface area contributed by atoms with Crippen molar-refractivity contribution in [1.29, 1.82) is 5.26 Å². The fraction of sp³-hybridized carbons (Fsp3) is 0.100. The second-order valence-electron chi connectivity index (χ2n) is 2.45. The molecule has 0 fully saturated rings. The van der Waals surface area contributed by atoms with Crippen LogP contribution in [0.1, 0.15) is 6.92 Å². The number of nitrogens with zero attached hydrogens (tertiary/aromatic N) is 1. The monoisotopic (exact) mass is 158 g/mol. The number of hydrogen-bond donors (Lipinski definition) is 1. The summed E-state index contributed by atoms with van der Waals surface area (Å²) >= 11 is 0. The van der Waals surface area contributed by atoms with Gasteiger partial charge in [0.15, 0.2) is 0 Å². The van der Waals surface area contributed by atoms with Crippen molar-refractivity contribution in [1.82, 2.24) is 0 Å². The summed E-state index contributed by atoms with van der Waals surface area (Å²) in [5, 5.41) is 11.4. The standard InChI is InChI=1S/C10H10N2/c1-9(7-8-11)12-10-5-3-2-4-6-10/h2-7,12H,1H3/b9-7-. The van der Waals surface area contributed by atoms with Gasteiger partial charge in [-0.25, -0.2) is 0 Å². The van der Waals surface area contributed by atoms with Crippen LogP contribution < -0.4 is 5.32 Å². The van der Waals surface area contributed by atoms with Gasteiger partial charge in [-0.2, -0.15) is 5.26 Å². The predicted molar refractivity (Wildman–Crippen MR) is 49.4 cm³/mol. The molecule has 0 aliphatic carbocycles. The van der Waals surface area contributed by atoms with Crippen molar-refractivity contribution in [3.05, 3.63) is 42.1 Å². The summed E-state index contributed by atoms with van der Waals surface area (Å²) in [6.45, 7) is 1.86. The highest BCUT2D eigenvalue weighted by Crippen LogP contribution is 2.07. The zero-order valence-electron chi connectivity index (χ0n) is 6.91. The number of nitrogens with one attached hydrogen (secondary N) is 1. The maximum atomic E-state index is 8.35. The molecule has 0 saturated heterocycles. The molecule has 0 unspecified atom stereocenters. The van der Waals surface area contributed by atoms with Crippen LogP contribution in [0, 0.1) is 11.3 Å². The Labute approximate surface area is 72.1 Å². The fourth-order valence-electron chi connectivity index (χ4n) is 0.882. The van der Waals surface area contributed by atoms with Crippen molar-refractivity contribution in [2.75, 3.05) is 5.32 Å². The fourth-order valence-corrected chi connectivity index (χ4v) is 0.882. The van der Waals surface area contributed by atoms with Gasteiger partial charge in [-0.05, 0) is 19.1 Å². The van der Waals surface area contributed by atoms with Crippen LogP contribution in [-0.4, -0.2) is 0 Å². The second-order valence-corrected chi connectivity index (χ2v) is 2.45. The highest BCUT2D eigenvalue weighted by Gasteiger charge is 1.88. The molecular formula is C10H10N2. The first-order valence-corrected chi connectivity index (χ1v) is 3.71. The minimum Gasteiger partial charge on any atom is -0.359 e. The molecule has 1 aromatic carbocycles. The average molecular weight is 158 g/mol. The summed E-state index contributed by atoms with van der Waals surface area (Å²) in [5.41, 5.74) is 1.85. The van der Waals surface area contributed by atoms with Crippen molar-refractivity contribution in [3.8, 4) is 6.07 Å². The van der Waals surface area contributed by atoms with Crippen molar-refractivity contribution in [2.24, 2.45) is 0 Å². The molecule has 0 aliphatic rings. The molecule has 60 valence electrons. The van der Waals surface area contributed by atoms with Crippen LogP contribution in [0.5, 0.6) is 0 Å². The number of para-hydroxylation sites is 1. The lowest BCUT2D eigenvalue weighted by Gasteiger charge is -2.03. The van der Waals surface area contributed by atoms with Gasteiger partial charge in [0.05, 0.1) is 6.07 Å². The molecule has 2 nitrogen and oxygen atoms in total. The van der Waals surface area contributed by atoms with Crippen LogP contribution in [0.25, 0.3) is 0 Å². The molecule has 0 aliphatic heterocycles. The van der Waals surface area contributed by atoms with Gasteiger partial charge in [-0.1, -0.05) is 18.2 Å². The van der Waals surface area contributed by atoms with E-state index >= 15 is 0 Å². The predicted octanol–water partition coefficient (Wildman–Crippen LogP) is 2.53. The Bertz CT molecular complexity index is 306. The molecule has 12 heavy (non-hydrogen) atoms. The third-order valence-electron chi connectivity index (χ3n) is 1.40. The SMILES string of the molecule is C/C(=C/C#N)Nc1ccccc1. The Morgan fingerprint density at radius 1 is 1.42 bits per heavy atom. The number of nitriles is 1. The van der Waals surface area contributed by atoms with Crippen molar-refractivity contribution < 1.29 is 0 Å². The van der Waals surface area contributed by atoms with E-state index in [4.69, 9.17) is 5.26 Å². The lowest BCUT2D eigenvalue weighted by Crippen LogP contribution is -1.93. The van der Waals surface area contributed by atoms with Crippen molar-refractivity contribution in [3.63, 3.8) is 0 Å². The molecule has 0 aromatic heterocycles. The van der Waals surface area contributed by atoms with E-state index in [0.717, 1.165) is 11.4 Å². The Kier molecular flexibility index (Phi) is 2.92. The minimum atomic E-state index is 0.851. The van der Waals surface area contributed by atoms with Crippen LogP contribution in [0.2, 0.25) is 0 Å². The summed E-state index contributed by atoms with van der Waals surface area (Å²) < 4.78 is 0. The Morgan fingerprint density at radius 2 is 2.08 bits per heavy atom. The summed E-state index contributed by atoms with van der Waals surface area (Å²) in [7, 11) is 0. The first kappa shape index (κ1) is 8.35. The van der Waals surface area contributed by atoms with Gasteiger partial charge < -0.3 is 5.32 Å². The van der Waals surface area contributed by atoms with Crippen LogP contribution in [0.4, 0.5) is 5.69 Å². The van der Waals surface area contributed by atoms with Crippen LogP contribution in [0.3, 0.4) is 0 Å². The van der Waals surface area contributed by atoms with Gasteiger partial charge in [-0.3, -0.25) is 0 Å². The minimum absolute atomic E-state index is 0.851. The average Bonchev–Trinajstić information content (AvgIpc) is 2.06.